The summed E-state index contributed by atoms with van der Waals surface area (Å²) >= 11 is 0. The summed E-state index contributed by atoms with van der Waals surface area (Å²) in [6.45, 7) is 1.69. The summed E-state index contributed by atoms with van der Waals surface area (Å²) in [5, 5.41) is 3.39. The van der Waals surface area contributed by atoms with Gasteiger partial charge in [-0.1, -0.05) is 6.07 Å². The van der Waals surface area contributed by atoms with Crippen LogP contribution in [0.15, 0.2) is 23.1 Å². The molecule has 0 saturated heterocycles. The van der Waals surface area contributed by atoms with Gasteiger partial charge in [-0.3, -0.25) is 0 Å². The van der Waals surface area contributed by atoms with Crippen LogP contribution in [0.4, 0.5) is 0 Å². The van der Waals surface area contributed by atoms with Crippen LogP contribution < -0.4 is 5.32 Å². The summed E-state index contributed by atoms with van der Waals surface area (Å²) in [4.78, 5) is 4.82. The van der Waals surface area contributed by atoms with Gasteiger partial charge in [-0.05, 0) is 37.4 Å². The number of para-hydroxylation sites is 1. The molecule has 0 spiro atoms. The highest BCUT2D eigenvalue weighted by molar-refractivity contribution is 7.91. The van der Waals surface area contributed by atoms with E-state index in [1.54, 1.807) is 12.1 Å². The molecule has 3 rings (SSSR count). The van der Waals surface area contributed by atoms with Crippen molar-refractivity contribution < 1.29 is 8.42 Å². The molecule has 0 aliphatic heterocycles. The van der Waals surface area contributed by atoms with Gasteiger partial charge >= 0.3 is 0 Å². The Balaban J connectivity index is 1.95. The van der Waals surface area contributed by atoms with E-state index in [9.17, 15) is 8.42 Å². The van der Waals surface area contributed by atoms with Crippen LogP contribution in [0.3, 0.4) is 0 Å². The first-order valence-electron chi connectivity index (χ1n) is 6.82. The second-order valence-corrected chi connectivity index (χ2v) is 7.54. The van der Waals surface area contributed by atoms with Gasteiger partial charge in [0.25, 0.3) is 0 Å². The Bertz CT molecular complexity index is 745. The van der Waals surface area contributed by atoms with Crippen molar-refractivity contribution in [3.05, 3.63) is 24.0 Å². The highest BCUT2D eigenvalue weighted by Crippen LogP contribution is 2.28. The van der Waals surface area contributed by atoms with Gasteiger partial charge in [-0.2, -0.15) is 0 Å². The van der Waals surface area contributed by atoms with Gasteiger partial charge in [-0.25, -0.2) is 13.4 Å². The number of aryl methyl sites for hydroxylation is 1. The van der Waals surface area contributed by atoms with Crippen LogP contribution in [-0.4, -0.2) is 30.8 Å². The highest BCUT2D eigenvalue weighted by Gasteiger charge is 2.21. The topological polar surface area (TPSA) is 64.0 Å². The number of rotatable bonds is 5. The average Bonchev–Trinajstić information content (AvgIpc) is 3.14. The van der Waals surface area contributed by atoms with Gasteiger partial charge in [0.1, 0.15) is 11.3 Å². The summed E-state index contributed by atoms with van der Waals surface area (Å²) in [7, 11) is -1.33. The van der Waals surface area contributed by atoms with E-state index < -0.39 is 9.84 Å². The Morgan fingerprint density at radius 3 is 2.80 bits per heavy atom. The normalized spacial score (nSPS) is 15.9. The van der Waals surface area contributed by atoms with Gasteiger partial charge in [-0.15, -0.1) is 0 Å². The van der Waals surface area contributed by atoms with Crippen LogP contribution in [0, 0.1) is 5.92 Å². The summed E-state index contributed by atoms with van der Waals surface area (Å²) in [5.74, 6) is 1.69. The molecule has 0 radical (unpaired) electrons. The fraction of sp³-hybridized carbons (Fsp3) is 0.500. The van der Waals surface area contributed by atoms with E-state index in [-0.39, 0.29) is 0 Å². The van der Waals surface area contributed by atoms with Crippen molar-refractivity contribution >= 4 is 20.9 Å². The van der Waals surface area contributed by atoms with E-state index in [0.717, 1.165) is 23.8 Å². The molecule has 1 aromatic carbocycles. The van der Waals surface area contributed by atoms with Crippen LogP contribution in [0.1, 0.15) is 18.7 Å². The number of imidazole rings is 1. The number of fused-ring (bicyclic) bond motifs is 1. The summed E-state index contributed by atoms with van der Waals surface area (Å²) in [5.41, 5.74) is 1.43. The van der Waals surface area contributed by atoms with Crippen molar-refractivity contribution in [2.45, 2.75) is 24.3 Å². The standard InChI is InChI=1S/C14H19N3O2S/c1-17-11-4-3-5-12(20(2,18)19)14(11)16-13(17)9-15-8-10-6-7-10/h3-5,10,15H,6-9H2,1-2H3. The Hall–Kier alpha value is -1.40. The maximum absolute atomic E-state index is 11.8. The maximum atomic E-state index is 11.8. The molecule has 0 amide bonds. The third-order valence-electron chi connectivity index (χ3n) is 3.78. The molecular formula is C14H19N3O2S. The Labute approximate surface area is 118 Å². The molecule has 1 fully saturated rings. The lowest BCUT2D eigenvalue weighted by atomic mass is 10.3. The highest BCUT2D eigenvalue weighted by atomic mass is 32.2. The number of benzene rings is 1. The fourth-order valence-electron chi connectivity index (χ4n) is 2.40. The van der Waals surface area contributed by atoms with E-state index >= 15 is 0 Å². The minimum Gasteiger partial charge on any atom is -0.330 e. The number of nitrogens with one attached hydrogen (secondary N) is 1. The van der Waals surface area contributed by atoms with E-state index in [0.29, 0.717) is 17.0 Å². The van der Waals surface area contributed by atoms with Crippen molar-refractivity contribution in [3.63, 3.8) is 0 Å². The fourth-order valence-corrected chi connectivity index (χ4v) is 3.23. The molecule has 1 heterocycles. The first-order chi connectivity index (χ1) is 9.47. The molecule has 1 N–H and O–H groups in total. The Morgan fingerprint density at radius 1 is 1.40 bits per heavy atom. The van der Waals surface area contributed by atoms with Crippen molar-refractivity contribution in [2.24, 2.45) is 13.0 Å². The SMILES string of the molecule is Cn1c(CNCC2CC2)nc2c(S(C)(=O)=O)cccc21. The minimum atomic E-state index is -3.25. The van der Waals surface area contributed by atoms with E-state index in [1.165, 1.54) is 19.1 Å². The second-order valence-electron chi connectivity index (χ2n) is 5.56. The Kier molecular flexibility index (Phi) is 3.30. The molecule has 108 valence electrons. The predicted octanol–water partition coefficient (Wildman–Crippen LogP) is 1.48. The van der Waals surface area contributed by atoms with Gasteiger partial charge < -0.3 is 9.88 Å². The quantitative estimate of drug-likeness (QED) is 0.907. The lowest BCUT2D eigenvalue weighted by Gasteiger charge is -2.04. The number of aromatic nitrogens is 2. The van der Waals surface area contributed by atoms with E-state index in [2.05, 4.69) is 10.3 Å². The minimum absolute atomic E-state index is 0.305. The molecule has 0 bridgehead atoms. The van der Waals surface area contributed by atoms with Crippen LogP contribution in [0.5, 0.6) is 0 Å². The van der Waals surface area contributed by atoms with Gasteiger partial charge in [0, 0.05) is 13.3 Å². The van der Waals surface area contributed by atoms with Crippen LogP contribution in [-0.2, 0) is 23.4 Å². The van der Waals surface area contributed by atoms with Crippen LogP contribution in [0.25, 0.3) is 11.0 Å². The van der Waals surface area contributed by atoms with Crippen molar-refractivity contribution in [3.8, 4) is 0 Å². The first-order valence-corrected chi connectivity index (χ1v) is 8.71. The zero-order chi connectivity index (χ0) is 14.3. The molecule has 1 aromatic heterocycles. The first kappa shape index (κ1) is 13.6. The molecule has 0 unspecified atom stereocenters. The number of sulfone groups is 1. The number of nitrogens with zero attached hydrogens (tertiary/aromatic N) is 2. The lowest BCUT2D eigenvalue weighted by molar-refractivity contribution is 0.602. The Morgan fingerprint density at radius 2 is 2.15 bits per heavy atom. The van der Waals surface area contributed by atoms with Gasteiger partial charge in [0.15, 0.2) is 9.84 Å². The zero-order valence-corrected chi connectivity index (χ0v) is 12.6. The monoisotopic (exact) mass is 293 g/mol. The molecule has 2 aromatic rings. The smallest absolute Gasteiger partial charge is 0.177 e. The molecule has 1 aliphatic carbocycles. The van der Waals surface area contributed by atoms with Crippen molar-refractivity contribution in [1.29, 1.82) is 0 Å². The zero-order valence-electron chi connectivity index (χ0n) is 11.8. The molecular weight excluding hydrogens is 274 g/mol. The van der Waals surface area contributed by atoms with Crippen molar-refractivity contribution in [2.75, 3.05) is 12.8 Å². The molecule has 20 heavy (non-hydrogen) atoms. The summed E-state index contributed by atoms with van der Waals surface area (Å²) < 4.78 is 25.6. The second kappa shape index (κ2) is 4.86. The summed E-state index contributed by atoms with van der Waals surface area (Å²) in [6, 6.07) is 5.29. The lowest BCUT2D eigenvalue weighted by Crippen LogP contribution is -2.18. The molecule has 6 heteroatoms. The molecule has 5 nitrogen and oxygen atoms in total. The van der Waals surface area contributed by atoms with E-state index in [1.807, 2.05) is 17.7 Å². The van der Waals surface area contributed by atoms with E-state index in [4.69, 9.17) is 0 Å². The molecule has 1 saturated carbocycles. The predicted molar refractivity (Wildman–Crippen MR) is 78.3 cm³/mol. The average molecular weight is 293 g/mol. The third-order valence-corrected chi connectivity index (χ3v) is 4.91. The van der Waals surface area contributed by atoms with Crippen molar-refractivity contribution in [1.82, 2.24) is 14.9 Å². The summed E-state index contributed by atoms with van der Waals surface area (Å²) in [6.07, 6.45) is 3.85. The molecule has 0 atom stereocenters. The van der Waals surface area contributed by atoms with Crippen LogP contribution in [0.2, 0.25) is 0 Å². The number of hydrogen-bond donors (Lipinski definition) is 1. The molecule has 1 aliphatic rings. The number of hydrogen-bond acceptors (Lipinski definition) is 4. The largest absolute Gasteiger partial charge is 0.330 e. The van der Waals surface area contributed by atoms with Crippen LogP contribution >= 0.6 is 0 Å². The van der Waals surface area contributed by atoms with Gasteiger partial charge in [0.05, 0.1) is 17.0 Å². The third kappa shape index (κ3) is 2.58. The van der Waals surface area contributed by atoms with Gasteiger partial charge in [0.2, 0.25) is 0 Å². The maximum Gasteiger partial charge on any atom is 0.177 e.